The molecule has 0 N–H and O–H groups in total. The number of rotatable bonds is 0. The van der Waals surface area contributed by atoms with Gasteiger partial charge in [0.2, 0.25) is 0 Å². The van der Waals surface area contributed by atoms with Gasteiger partial charge in [-0.05, 0) is 42.4 Å². The zero-order valence-corrected chi connectivity index (χ0v) is 8.59. The van der Waals surface area contributed by atoms with Crippen LogP contribution in [0.4, 0.5) is 0 Å². The van der Waals surface area contributed by atoms with Gasteiger partial charge < -0.3 is 0 Å². The van der Waals surface area contributed by atoms with Crippen LogP contribution in [0.25, 0.3) is 4.85 Å². The van der Waals surface area contributed by atoms with Crippen LogP contribution >= 0.6 is 0 Å². The van der Waals surface area contributed by atoms with Gasteiger partial charge in [0.15, 0.2) is 0 Å². The molecule has 3 fully saturated rings. The van der Waals surface area contributed by atoms with Gasteiger partial charge in [0.25, 0.3) is 13.1 Å². The van der Waals surface area contributed by atoms with Gasteiger partial charge in [-0.3, -0.25) is 0 Å². The van der Waals surface area contributed by atoms with Gasteiger partial charge in [0.1, 0.15) is 0 Å². The minimum atomic E-state index is 0.705. The largest absolute Gasteiger partial charge is 0.276 e. The highest BCUT2D eigenvalue weighted by atomic mass is 14.7. The van der Waals surface area contributed by atoms with Crippen molar-refractivity contribution in [3.05, 3.63) is 4.85 Å². The average molecular weight is 176 g/mol. The van der Waals surface area contributed by atoms with E-state index >= 15 is 0 Å². The Morgan fingerprint density at radius 3 is 3.00 bits per heavy atom. The van der Waals surface area contributed by atoms with Crippen molar-refractivity contribution in [3.8, 4) is 6.07 Å². The van der Waals surface area contributed by atoms with Gasteiger partial charge in [-0.1, -0.05) is 18.2 Å². The van der Waals surface area contributed by atoms with Gasteiger partial charge in [-0.25, -0.2) is 0 Å². The summed E-state index contributed by atoms with van der Waals surface area (Å²) >= 11 is 0. The lowest BCUT2D eigenvalue weighted by Crippen LogP contribution is -2.17. The summed E-state index contributed by atoms with van der Waals surface area (Å²) in [6.45, 7) is 2.50. The second kappa shape index (κ2) is 2.29. The molecule has 0 aliphatic heterocycles. The smallest absolute Gasteiger partial charge is 0.0867 e. The van der Waals surface area contributed by atoms with Crippen LogP contribution in [0.1, 0.15) is 32.6 Å². The van der Waals surface area contributed by atoms with E-state index in [0.717, 1.165) is 17.8 Å². The lowest BCUT2D eigenvalue weighted by Gasteiger charge is -2.22. The summed E-state index contributed by atoms with van der Waals surface area (Å²) in [6.07, 6.45) is 5.80. The predicted molar refractivity (Wildman–Crippen MR) is 53.7 cm³/mol. The predicted octanol–water partition coefficient (Wildman–Crippen LogP) is 3.02. The molecule has 3 aliphatic carbocycles. The van der Waals surface area contributed by atoms with Crippen molar-refractivity contribution < 1.29 is 0 Å². The van der Waals surface area contributed by atoms with Crippen LogP contribution in [0.15, 0.2) is 0 Å². The molecule has 3 saturated carbocycles. The first-order valence-corrected chi connectivity index (χ1v) is 5.62. The van der Waals surface area contributed by atoms with Crippen LogP contribution in [0.2, 0.25) is 0 Å². The number of nitrogens with zero attached hydrogens (tertiary/aromatic N) is 1. The van der Waals surface area contributed by atoms with E-state index in [4.69, 9.17) is 0 Å². The minimum absolute atomic E-state index is 0.705. The van der Waals surface area contributed by atoms with Crippen molar-refractivity contribution >= 4 is 0 Å². The van der Waals surface area contributed by atoms with E-state index in [0.29, 0.717) is 11.3 Å². The Bertz CT molecular complexity index is 298. The standard InChI is InChI=1S/C12H18N/c1-12-6-8(7-13-2)9-4-3-5-10(12)11(9)12/h8-11H,3-6H2,1-2H3/q+1/t8?,9-,10+,11?,12-/m0/s1. The Morgan fingerprint density at radius 1 is 1.38 bits per heavy atom. The van der Waals surface area contributed by atoms with Gasteiger partial charge >= 0.3 is 0 Å². The van der Waals surface area contributed by atoms with Gasteiger partial charge in [0, 0.05) is 0 Å². The monoisotopic (exact) mass is 176 g/mol. The van der Waals surface area contributed by atoms with Gasteiger partial charge in [0.05, 0.1) is 5.92 Å². The van der Waals surface area contributed by atoms with Crippen molar-refractivity contribution in [2.75, 3.05) is 7.05 Å². The summed E-state index contributed by atoms with van der Waals surface area (Å²) in [5.41, 5.74) is 0.712. The van der Waals surface area contributed by atoms with Crippen LogP contribution in [0, 0.1) is 35.2 Å². The minimum Gasteiger partial charge on any atom is -0.0867 e. The third-order valence-electron chi connectivity index (χ3n) is 4.92. The summed E-state index contributed by atoms with van der Waals surface area (Å²) in [5, 5.41) is 0. The molecular weight excluding hydrogens is 158 g/mol. The highest BCUT2D eigenvalue weighted by Crippen LogP contribution is 2.76. The van der Waals surface area contributed by atoms with Crippen molar-refractivity contribution in [3.63, 3.8) is 0 Å². The van der Waals surface area contributed by atoms with E-state index in [1.165, 1.54) is 25.7 Å². The van der Waals surface area contributed by atoms with Crippen LogP contribution in [0.5, 0.6) is 0 Å². The molecule has 0 amide bonds. The second-order valence-electron chi connectivity index (χ2n) is 5.40. The quantitative estimate of drug-likeness (QED) is 0.534. The number of hydrogen-bond acceptors (Lipinski definition) is 0. The van der Waals surface area contributed by atoms with Crippen LogP contribution < -0.4 is 0 Å². The lowest BCUT2D eigenvalue weighted by molar-refractivity contribution is 0.273. The molecule has 0 aromatic carbocycles. The van der Waals surface area contributed by atoms with Gasteiger partial charge in [-0.15, -0.1) is 0 Å². The summed E-state index contributed by atoms with van der Waals surface area (Å²) in [4.78, 5) is 4.10. The number of hydrogen-bond donors (Lipinski definition) is 0. The Hall–Kier alpha value is -0.510. The van der Waals surface area contributed by atoms with E-state index in [-0.39, 0.29) is 0 Å². The fourth-order valence-corrected chi connectivity index (χ4v) is 4.42. The molecule has 0 bridgehead atoms. The third kappa shape index (κ3) is 0.822. The molecule has 5 atom stereocenters. The molecule has 0 aromatic rings. The Labute approximate surface area is 80.3 Å². The molecule has 0 saturated heterocycles. The number of fused-ring (bicyclic) bond motifs is 1. The molecule has 0 aromatic heterocycles. The maximum atomic E-state index is 4.10. The average Bonchev–Trinajstić information content (AvgIpc) is 2.59. The van der Waals surface area contributed by atoms with Crippen molar-refractivity contribution in [2.24, 2.45) is 29.1 Å². The van der Waals surface area contributed by atoms with Crippen LogP contribution in [-0.4, -0.2) is 7.05 Å². The summed E-state index contributed by atoms with van der Waals surface area (Å²) in [7, 11) is 1.87. The van der Waals surface area contributed by atoms with E-state index in [1.807, 2.05) is 7.05 Å². The van der Waals surface area contributed by atoms with Crippen molar-refractivity contribution in [1.82, 2.24) is 0 Å². The highest BCUT2D eigenvalue weighted by Gasteiger charge is 2.71. The summed E-state index contributed by atoms with van der Waals surface area (Å²) < 4.78 is 0. The normalized spacial score (nSPS) is 56.5. The maximum Gasteiger partial charge on any atom is 0.276 e. The van der Waals surface area contributed by atoms with E-state index in [9.17, 15) is 0 Å². The molecule has 0 spiro atoms. The topological polar surface area (TPSA) is 4.36 Å². The first-order chi connectivity index (χ1) is 6.27. The Morgan fingerprint density at radius 2 is 2.23 bits per heavy atom. The molecule has 0 radical (unpaired) electrons. The molecule has 0 heterocycles. The first kappa shape index (κ1) is 7.85. The third-order valence-corrected chi connectivity index (χ3v) is 4.92. The highest BCUT2D eigenvalue weighted by molar-refractivity contribution is 5.22. The molecule has 2 unspecified atom stereocenters. The second-order valence-corrected chi connectivity index (χ2v) is 5.40. The zero-order chi connectivity index (χ0) is 9.05. The molecule has 13 heavy (non-hydrogen) atoms. The summed E-state index contributed by atoms with van der Waals surface area (Å²) in [6, 6.07) is 3.31. The fraction of sp³-hybridized carbons (Fsp3) is 0.917. The summed E-state index contributed by atoms with van der Waals surface area (Å²) in [5.74, 6) is 3.80. The molecule has 70 valence electrons. The first-order valence-electron chi connectivity index (χ1n) is 5.62. The van der Waals surface area contributed by atoms with Gasteiger partial charge in [-0.2, -0.15) is 0 Å². The molecule has 1 heteroatoms. The molecular formula is C12H18N+. The van der Waals surface area contributed by atoms with Crippen molar-refractivity contribution in [2.45, 2.75) is 32.6 Å². The van der Waals surface area contributed by atoms with Crippen LogP contribution in [0.3, 0.4) is 0 Å². The fourth-order valence-electron chi connectivity index (χ4n) is 4.42. The molecule has 3 aliphatic rings. The van der Waals surface area contributed by atoms with E-state index < -0.39 is 0 Å². The maximum absolute atomic E-state index is 4.10. The Kier molecular flexibility index (Phi) is 1.38. The molecule has 1 nitrogen and oxygen atoms in total. The van der Waals surface area contributed by atoms with Crippen molar-refractivity contribution in [1.29, 1.82) is 0 Å². The lowest BCUT2D eigenvalue weighted by atomic mass is 9.79. The molecule has 3 rings (SSSR count). The van der Waals surface area contributed by atoms with E-state index in [2.05, 4.69) is 17.8 Å². The van der Waals surface area contributed by atoms with Crippen LogP contribution in [-0.2, 0) is 0 Å². The Balaban J connectivity index is 1.88. The van der Waals surface area contributed by atoms with E-state index in [1.54, 1.807) is 0 Å². The SMILES string of the molecule is C[N+]#CC1C[C@]2(C)C3[C@H]1CCC[C@H]32. The zero-order valence-electron chi connectivity index (χ0n) is 8.59.